The van der Waals surface area contributed by atoms with Crippen LogP contribution in [0.25, 0.3) is 11.1 Å². The maximum Gasteiger partial charge on any atom is 0.319 e. The summed E-state index contributed by atoms with van der Waals surface area (Å²) in [4.78, 5) is 15.5. The highest BCUT2D eigenvalue weighted by atomic mass is 16.7. The molecule has 6 rings (SSSR count). The second-order valence-electron chi connectivity index (χ2n) is 17.2. The van der Waals surface area contributed by atoms with Crippen molar-refractivity contribution >= 4 is 11.7 Å². The van der Waals surface area contributed by atoms with E-state index in [4.69, 9.17) is 14.2 Å². The van der Waals surface area contributed by atoms with Crippen LogP contribution >= 0.6 is 0 Å². The monoisotopic (exact) mass is 854 g/mol. The highest BCUT2D eigenvalue weighted by Crippen LogP contribution is 2.42. The molecule has 0 spiro atoms. The van der Waals surface area contributed by atoms with Gasteiger partial charge in [0.2, 0.25) is 0 Å². The smallest absolute Gasteiger partial charge is 0.319 e. The van der Waals surface area contributed by atoms with Crippen molar-refractivity contribution in [1.29, 1.82) is 0 Å². The molecule has 0 radical (unpaired) electrons. The minimum Gasteiger partial charge on any atom is -0.457 e. The molecule has 8 nitrogen and oxygen atoms in total. The Hall–Kier alpha value is -4.99. The summed E-state index contributed by atoms with van der Waals surface area (Å²) >= 11 is 0. The first kappa shape index (κ1) is 47.5. The third kappa shape index (κ3) is 15.4. The Morgan fingerprint density at radius 2 is 1.25 bits per heavy atom. The lowest BCUT2D eigenvalue weighted by Crippen LogP contribution is -2.45. The Morgan fingerprint density at radius 1 is 0.635 bits per heavy atom. The van der Waals surface area contributed by atoms with E-state index in [0.29, 0.717) is 18.0 Å². The highest BCUT2D eigenvalue weighted by Gasteiger charge is 2.39. The molecule has 5 aromatic carbocycles. The van der Waals surface area contributed by atoms with Crippen LogP contribution in [0.1, 0.15) is 132 Å². The number of ether oxygens (including phenoxy) is 3. The molecule has 1 saturated heterocycles. The van der Waals surface area contributed by atoms with Gasteiger partial charge in [-0.2, -0.15) is 0 Å². The predicted octanol–water partition coefficient (Wildman–Crippen LogP) is 13.8. The number of carbonyl (C=O) groups is 1. The largest absolute Gasteiger partial charge is 0.457 e. The lowest BCUT2D eigenvalue weighted by atomic mass is 9.89. The molecule has 1 aliphatic heterocycles. The van der Waals surface area contributed by atoms with Gasteiger partial charge in [-0.1, -0.05) is 170 Å². The van der Waals surface area contributed by atoms with E-state index in [9.17, 15) is 9.90 Å². The summed E-state index contributed by atoms with van der Waals surface area (Å²) in [5.41, 5.74) is 6.80. The first-order valence-corrected chi connectivity index (χ1v) is 23.7. The number of unbranched alkanes of at least 4 members (excludes halogenated alkanes) is 10. The average molecular weight is 854 g/mol. The van der Waals surface area contributed by atoms with Crippen molar-refractivity contribution in [2.45, 2.75) is 129 Å². The number of para-hydroxylation sites is 1. The van der Waals surface area contributed by atoms with E-state index in [1.807, 2.05) is 78.9 Å². The van der Waals surface area contributed by atoms with Gasteiger partial charge in [-0.15, -0.1) is 0 Å². The van der Waals surface area contributed by atoms with Crippen molar-refractivity contribution in [3.05, 3.63) is 150 Å². The van der Waals surface area contributed by atoms with Crippen LogP contribution in [0.3, 0.4) is 0 Å². The topological polar surface area (TPSA) is 92.3 Å². The van der Waals surface area contributed by atoms with E-state index >= 15 is 0 Å². The molecule has 4 atom stereocenters. The van der Waals surface area contributed by atoms with Gasteiger partial charge in [0.05, 0.1) is 18.8 Å². The minimum absolute atomic E-state index is 0.0134. The second-order valence-corrected chi connectivity index (χ2v) is 17.2. The van der Waals surface area contributed by atoms with E-state index in [1.165, 1.54) is 77.0 Å². The van der Waals surface area contributed by atoms with Gasteiger partial charge >= 0.3 is 6.03 Å². The van der Waals surface area contributed by atoms with Crippen molar-refractivity contribution in [2.24, 2.45) is 5.92 Å². The summed E-state index contributed by atoms with van der Waals surface area (Å²) in [6, 6.07) is 41.6. The van der Waals surface area contributed by atoms with Crippen LogP contribution in [0.5, 0.6) is 11.5 Å². The van der Waals surface area contributed by atoms with Gasteiger partial charge in [-0.05, 0) is 96.2 Å². The Balaban J connectivity index is 1.09. The Labute approximate surface area is 377 Å². The highest BCUT2D eigenvalue weighted by molar-refractivity contribution is 5.89. The first-order chi connectivity index (χ1) is 30.9. The van der Waals surface area contributed by atoms with Crippen LogP contribution in [-0.4, -0.2) is 41.8 Å². The molecule has 1 fully saturated rings. The normalized spacial score (nSPS) is 17.4. The van der Waals surface area contributed by atoms with Crippen molar-refractivity contribution < 1.29 is 24.1 Å². The molecular weight excluding hydrogens is 783 g/mol. The zero-order valence-corrected chi connectivity index (χ0v) is 38.0. The van der Waals surface area contributed by atoms with Crippen molar-refractivity contribution in [1.82, 2.24) is 10.2 Å². The van der Waals surface area contributed by atoms with Gasteiger partial charge in [0, 0.05) is 30.3 Å². The molecular formula is C55H71N3O5. The Morgan fingerprint density at radius 3 is 1.90 bits per heavy atom. The lowest BCUT2D eigenvalue weighted by molar-refractivity contribution is -0.276. The fourth-order valence-corrected chi connectivity index (χ4v) is 8.39. The van der Waals surface area contributed by atoms with Gasteiger partial charge in [-0.25, -0.2) is 4.79 Å². The number of carbonyl (C=O) groups excluding carboxylic acids is 1. The van der Waals surface area contributed by atoms with Crippen LogP contribution in [0.4, 0.5) is 10.5 Å². The first-order valence-electron chi connectivity index (χ1n) is 23.7. The van der Waals surface area contributed by atoms with Gasteiger partial charge in [0.15, 0.2) is 6.29 Å². The molecule has 3 N–H and O–H groups in total. The minimum atomic E-state index is -0.519. The van der Waals surface area contributed by atoms with Crippen molar-refractivity contribution in [3.8, 4) is 22.6 Å². The summed E-state index contributed by atoms with van der Waals surface area (Å²) in [5, 5.41) is 15.7. The van der Waals surface area contributed by atoms with E-state index < -0.39 is 6.29 Å². The maximum atomic E-state index is 12.8. The number of benzene rings is 5. The van der Waals surface area contributed by atoms with Crippen LogP contribution in [0, 0.1) is 5.92 Å². The zero-order valence-electron chi connectivity index (χ0n) is 38.0. The average Bonchev–Trinajstić information content (AvgIpc) is 3.32. The number of aliphatic hydroxyl groups excluding tert-OH is 1. The number of rotatable bonds is 25. The standard InChI is InChI=1S/C55H71N3O5/c1-4-6-8-10-12-17-36-58(37-18-13-11-9-7-5-2)40-52-42(3)53(46-26-24-43(41-59)25-27-46)63-54(62-52)47-30-28-45(29-31-47)48-21-19-20-44(38-48)39-56-55(60)57-49-32-34-51(35-33-49)61-50-22-15-14-16-23-50/h14-16,19-35,38,42,52-54,59H,4-13,17-18,36-37,39-41H2,1-3H3,(H2,56,57,60). The van der Waals surface area contributed by atoms with Gasteiger partial charge in [0.1, 0.15) is 11.5 Å². The van der Waals surface area contributed by atoms with E-state index in [2.05, 4.69) is 84.8 Å². The quantitative estimate of drug-likeness (QED) is 0.0507. The second kappa shape index (κ2) is 26.0. The number of hydrogen-bond acceptors (Lipinski definition) is 6. The van der Waals surface area contributed by atoms with Gasteiger partial charge in [0.25, 0.3) is 0 Å². The number of hydrogen-bond donors (Lipinski definition) is 3. The summed E-state index contributed by atoms with van der Waals surface area (Å²) in [6.07, 6.45) is 14.8. The summed E-state index contributed by atoms with van der Waals surface area (Å²) in [6.45, 7) is 10.3. The molecule has 1 heterocycles. The number of nitrogens with zero attached hydrogens (tertiary/aromatic N) is 1. The van der Waals surface area contributed by atoms with Gasteiger partial charge in [-0.3, -0.25) is 0 Å². The molecule has 0 saturated carbocycles. The molecule has 2 amide bonds. The molecule has 63 heavy (non-hydrogen) atoms. The number of amides is 2. The van der Waals surface area contributed by atoms with Crippen molar-refractivity contribution in [3.63, 3.8) is 0 Å². The van der Waals surface area contributed by atoms with Crippen LogP contribution in [-0.2, 0) is 22.6 Å². The molecule has 0 aromatic heterocycles. The number of anilines is 1. The summed E-state index contributed by atoms with van der Waals surface area (Å²) in [5.74, 6) is 1.59. The van der Waals surface area contributed by atoms with E-state index in [0.717, 1.165) is 58.8 Å². The third-order valence-corrected chi connectivity index (χ3v) is 12.2. The summed E-state index contributed by atoms with van der Waals surface area (Å²) < 4.78 is 19.7. The zero-order chi connectivity index (χ0) is 44.1. The predicted molar refractivity (Wildman–Crippen MR) is 257 cm³/mol. The Bertz CT molecular complexity index is 2020. The fourth-order valence-electron chi connectivity index (χ4n) is 8.39. The number of urea groups is 1. The molecule has 8 heteroatoms. The lowest BCUT2D eigenvalue weighted by Gasteiger charge is -2.43. The maximum absolute atomic E-state index is 12.8. The third-order valence-electron chi connectivity index (χ3n) is 12.2. The SMILES string of the molecule is CCCCCCCCN(CCCCCCCC)CC1OC(c2ccc(-c3cccc(CNC(=O)Nc4ccc(Oc5ccccc5)cc4)c3)cc2)OC(c2ccc(CO)cc2)C1C. The molecule has 0 bridgehead atoms. The molecule has 4 unspecified atom stereocenters. The van der Waals surface area contributed by atoms with Crippen LogP contribution in [0.15, 0.2) is 127 Å². The fraction of sp³-hybridized carbons (Fsp3) is 0.436. The van der Waals surface area contributed by atoms with Crippen LogP contribution in [0.2, 0.25) is 0 Å². The Kier molecular flexibility index (Phi) is 19.6. The van der Waals surface area contributed by atoms with Gasteiger partial charge < -0.3 is 34.9 Å². The molecule has 5 aromatic rings. The number of aliphatic hydroxyl groups is 1. The van der Waals surface area contributed by atoms with Crippen LogP contribution < -0.4 is 15.4 Å². The molecule has 0 aliphatic carbocycles. The number of nitrogens with one attached hydrogen (secondary N) is 2. The van der Waals surface area contributed by atoms with Crippen molar-refractivity contribution in [2.75, 3.05) is 25.0 Å². The molecule has 1 aliphatic rings. The van der Waals surface area contributed by atoms with E-state index in [-0.39, 0.29) is 30.8 Å². The summed E-state index contributed by atoms with van der Waals surface area (Å²) in [7, 11) is 0. The molecule has 336 valence electrons. The van der Waals surface area contributed by atoms with E-state index in [1.54, 1.807) is 0 Å².